The first-order valence-electron chi connectivity index (χ1n) is 9.67. The Bertz CT molecular complexity index is 1120. The second kappa shape index (κ2) is 8.16. The minimum absolute atomic E-state index is 0.228. The number of nitrogens with zero attached hydrogens (tertiary/aromatic N) is 3. The molecule has 1 aliphatic heterocycles. The highest BCUT2D eigenvalue weighted by atomic mass is 79.9. The van der Waals surface area contributed by atoms with Crippen LogP contribution in [0.25, 0.3) is 10.9 Å². The van der Waals surface area contributed by atoms with E-state index in [0.717, 1.165) is 42.4 Å². The fraction of sp³-hybridized carbons (Fsp3) is 0.381. The molecule has 3 heterocycles. The molecule has 0 unspecified atom stereocenters. The van der Waals surface area contributed by atoms with Crippen molar-refractivity contribution in [1.29, 1.82) is 0 Å². The van der Waals surface area contributed by atoms with E-state index in [4.69, 9.17) is 0 Å². The van der Waals surface area contributed by atoms with E-state index in [1.54, 1.807) is 42.7 Å². The summed E-state index contributed by atoms with van der Waals surface area (Å²) in [5.41, 5.74) is 2.62. The van der Waals surface area contributed by atoms with Gasteiger partial charge in [0.2, 0.25) is 0 Å². The van der Waals surface area contributed by atoms with Crippen LogP contribution in [-0.4, -0.2) is 48.6 Å². The third kappa shape index (κ3) is 3.98. The lowest BCUT2D eigenvalue weighted by atomic mass is 9.89. The zero-order valence-electron chi connectivity index (χ0n) is 16.2. The largest absolute Gasteiger partial charge is 0.301 e. The molecule has 0 N–H and O–H groups in total. The minimum Gasteiger partial charge on any atom is -0.301 e. The van der Waals surface area contributed by atoms with Crippen LogP contribution in [-0.2, 0) is 10.0 Å². The number of alkyl halides is 1. The van der Waals surface area contributed by atoms with E-state index < -0.39 is 10.0 Å². The molecule has 2 aromatic heterocycles. The molecule has 29 heavy (non-hydrogen) atoms. The van der Waals surface area contributed by atoms with Crippen LogP contribution in [0.5, 0.6) is 0 Å². The van der Waals surface area contributed by atoms with Crippen molar-refractivity contribution in [3.8, 4) is 0 Å². The average molecular weight is 480 g/mol. The molecule has 0 spiro atoms. The second-order valence-electron chi connectivity index (χ2n) is 7.53. The van der Waals surface area contributed by atoms with Gasteiger partial charge in [-0.15, -0.1) is 0 Å². The summed E-state index contributed by atoms with van der Waals surface area (Å²) in [5, 5.41) is 0.854. The third-order valence-corrected chi connectivity index (χ3v) is 7.78. The standard InChI is InChI=1S/C21H23BrFN3O2S/c1-15-2-4-17(5-3-15)29(27,28)26-14-19(18-13-24-21(22)12-20(18)26)16-6-9-25(10-7-16)11-8-23/h2-5,12-14,16H,6-11H2,1H3. The van der Waals surface area contributed by atoms with Crippen LogP contribution in [0.2, 0.25) is 0 Å². The maximum atomic E-state index is 13.4. The number of pyridine rings is 1. The maximum Gasteiger partial charge on any atom is 0.268 e. The Labute approximate surface area is 178 Å². The number of likely N-dealkylation sites (tertiary alicyclic amines) is 1. The Morgan fingerprint density at radius 3 is 2.55 bits per heavy atom. The quantitative estimate of drug-likeness (QED) is 0.505. The highest BCUT2D eigenvalue weighted by Crippen LogP contribution is 2.36. The van der Waals surface area contributed by atoms with Crippen molar-refractivity contribution in [3.63, 3.8) is 0 Å². The maximum absolute atomic E-state index is 13.4. The lowest BCUT2D eigenvalue weighted by Gasteiger charge is -2.31. The SMILES string of the molecule is Cc1ccc(S(=O)(=O)n2cc(C3CCN(CCF)CC3)c3cnc(Br)cc32)cc1. The summed E-state index contributed by atoms with van der Waals surface area (Å²) < 4.78 is 41.4. The second-order valence-corrected chi connectivity index (χ2v) is 10.2. The van der Waals surface area contributed by atoms with Gasteiger partial charge in [0.15, 0.2) is 0 Å². The van der Waals surface area contributed by atoms with Gasteiger partial charge in [-0.1, -0.05) is 17.7 Å². The van der Waals surface area contributed by atoms with Crippen molar-refractivity contribution in [2.75, 3.05) is 26.3 Å². The summed E-state index contributed by atoms with van der Waals surface area (Å²) in [5.74, 6) is 0.228. The molecule has 0 bridgehead atoms. The van der Waals surface area contributed by atoms with E-state index in [0.29, 0.717) is 16.7 Å². The Hall–Kier alpha value is -1.77. The number of aryl methyl sites for hydroxylation is 1. The summed E-state index contributed by atoms with van der Waals surface area (Å²) >= 11 is 3.37. The lowest BCUT2D eigenvalue weighted by molar-refractivity contribution is 0.197. The summed E-state index contributed by atoms with van der Waals surface area (Å²) in [6, 6.07) is 8.64. The Morgan fingerprint density at radius 1 is 1.21 bits per heavy atom. The number of hydrogen-bond acceptors (Lipinski definition) is 4. The molecule has 1 aromatic carbocycles. The van der Waals surface area contributed by atoms with Crippen molar-refractivity contribution in [2.45, 2.75) is 30.6 Å². The molecule has 154 valence electrons. The third-order valence-electron chi connectivity index (χ3n) is 5.66. The van der Waals surface area contributed by atoms with E-state index in [2.05, 4.69) is 25.8 Å². The molecular formula is C21H23BrFN3O2S. The fourth-order valence-electron chi connectivity index (χ4n) is 4.03. The minimum atomic E-state index is -3.73. The Kier molecular flexibility index (Phi) is 5.77. The van der Waals surface area contributed by atoms with Crippen LogP contribution in [0.4, 0.5) is 4.39 Å². The summed E-state index contributed by atoms with van der Waals surface area (Å²) in [7, 11) is -3.73. The van der Waals surface area contributed by atoms with Gasteiger partial charge in [0.25, 0.3) is 10.0 Å². The van der Waals surface area contributed by atoms with Crippen molar-refractivity contribution in [3.05, 3.63) is 58.5 Å². The highest BCUT2D eigenvalue weighted by molar-refractivity contribution is 9.10. The first-order valence-corrected chi connectivity index (χ1v) is 11.9. The van der Waals surface area contributed by atoms with Gasteiger partial charge in [-0.05, 0) is 78.5 Å². The first kappa shape index (κ1) is 20.5. The van der Waals surface area contributed by atoms with Crippen LogP contribution in [0, 0.1) is 6.92 Å². The van der Waals surface area contributed by atoms with E-state index in [1.165, 1.54) is 3.97 Å². The molecule has 8 heteroatoms. The molecule has 0 aliphatic carbocycles. The van der Waals surface area contributed by atoms with Gasteiger partial charge in [0.05, 0.1) is 10.4 Å². The molecule has 4 rings (SSSR count). The summed E-state index contributed by atoms with van der Waals surface area (Å²) in [6.45, 7) is 3.69. The molecule has 1 saturated heterocycles. The van der Waals surface area contributed by atoms with Gasteiger partial charge in [0, 0.05) is 24.3 Å². The van der Waals surface area contributed by atoms with Gasteiger partial charge in [-0.25, -0.2) is 21.8 Å². The lowest BCUT2D eigenvalue weighted by Crippen LogP contribution is -2.34. The predicted molar refractivity (Wildman–Crippen MR) is 116 cm³/mol. The molecule has 0 amide bonds. The van der Waals surface area contributed by atoms with Crippen LogP contribution in [0.3, 0.4) is 0 Å². The normalized spacial score (nSPS) is 16.5. The van der Waals surface area contributed by atoms with Crippen molar-refractivity contribution in [1.82, 2.24) is 13.9 Å². The average Bonchev–Trinajstić information content (AvgIpc) is 3.08. The molecule has 1 aliphatic rings. The van der Waals surface area contributed by atoms with Crippen molar-refractivity contribution < 1.29 is 12.8 Å². The molecule has 0 radical (unpaired) electrons. The summed E-state index contributed by atoms with van der Waals surface area (Å²) in [6.07, 6.45) is 5.24. The Morgan fingerprint density at radius 2 is 1.90 bits per heavy atom. The van der Waals surface area contributed by atoms with Crippen LogP contribution in [0.1, 0.15) is 29.9 Å². The first-order chi connectivity index (χ1) is 13.9. The van der Waals surface area contributed by atoms with Gasteiger partial charge < -0.3 is 4.90 Å². The monoisotopic (exact) mass is 479 g/mol. The zero-order valence-corrected chi connectivity index (χ0v) is 18.6. The number of benzene rings is 1. The molecule has 5 nitrogen and oxygen atoms in total. The van der Waals surface area contributed by atoms with Crippen LogP contribution >= 0.6 is 15.9 Å². The molecule has 1 fully saturated rings. The van der Waals surface area contributed by atoms with E-state index >= 15 is 0 Å². The number of hydrogen-bond donors (Lipinski definition) is 0. The van der Waals surface area contributed by atoms with Gasteiger partial charge >= 0.3 is 0 Å². The van der Waals surface area contributed by atoms with Gasteiger partial charge in [-0.2, -0.15) is 0 Å². The highest BCUT2D eigenvalue weighted by Gasteiger charge is 2.27. The zero-order chi connectivity index (χ0) is 20.6. The number of rotatable bonds is 5. The molecule has 0 atom stereocenters. The number of fused-ring (bicyclic) bond motifs is 1. The predicted octanol–water partition coefficient (Wildman–Crippen LogP) is 4.49. The van der Waals surface area contributed by atoms with Gasteiger partial charge in [-0.3, -0.25) is 0 Å². The smallest absolute Gasteiger partial charge is 0.268 e. The number of aromatic nitrogens is 2. The fourth-order valence-corrected chi connectivity index (χ4v) is 5.71. The summed E-state index contributed by atoms with van der Waals surface area (Å²) in [4.78, 5) is 6.72. The van der Waals surface area contributed by atoms with Crippen LogP contribution < -0.4 is 0 Å². The van der Waals surface area contributed by atoms with Gasteiger partial charge in [0.1, 0.15) is 11.3 Å². The molecule has 3 aromatic rings. The van der Waals surface area contributed by atoms with E-state index in [1.807, 2.05) is 6.92 Å². The Balaban J connectivity index is 1.78. The number of halogens is 2. The van der Waals surface area contributed by atoms with E-state index in [9.17, 15) is 12.8 Å². The molecule has 0 saturated carbocycles. The van der Waals surface area contributed by atoms with Crippen LogP contribution in [0.15, 0.2) is 52.2 Å². The topological polar surface area (TPSA) is 55.2 Å². The molecular weight excluding hydrogens is 457 g/mol. The van der Waals surface area contributed by atoms with E-state index in [-0.39, 0.29) is 17.5 Å². The van der Waals surface area contributed by atoms with Crippen molar-refractivity contribution >= 4 is 36.9 Å². The van der Waals surface area contributed by atoms with Crippen molar-refractivity contribution in [2.24, 2.45) is 0 Å². The number of piperidine rings is 1.